The van der Waals surface area contributed by atoms with E-state index in [1.54, 1.807) is 7.11 Å². The smallest absolute Gasteiger partial charge is 0.0615 e. The van der Waals surface area contributed by atoms with Crippen LogP contribution in [0.2, 0.25) is 0 Å². The van der Waals surface area contributed by atoms with Gasteiger partial charge in [-0.3, -0.25) is 0 Å². The quantitative estimate of drug-likeness (QED) is 0.549. The maximum Gasteiger partial charge on any atom is 0.0615 e. The van der Waals surface area contributed by atoms with Crippen molar-refractivity contribution in [2.24, 2.45) is 0 Å². The van der Waals surface area contributed by atoms with Crippen LogP contribution in [0.3, 0.4) is 0 Å². The van der Waals surface area contributed by atoms with Gasteiger partial charge in [0.15, 0.2) is 0 Å². The van der Waals surface area contributed by atoms with Crippen molar-refractivity contribution in [1.29, 1.82) is 0 Å². The molecule has 86 valence electrons. The lowest BCUT2D eigenvalue weighted by molar-refractivity contribution is 0.164. The molecule has 0 aliphatic heterocycles. The fourth-order valence-electron chi connectivity index (χ4n) is 1.68. The van der Waals surface area contributed by atoms with Gasteiger partial charge in [0.1, 0.15) is 0 Å². The molecule has 0 aromatic rings. The summed E-state index contributed by atoms with van der Waals surface area (Å²) in [6.45, 7) is 3.10. The Bertz CT molecular complexity index is 106. The van der Waals surface area contributed by atoms with E-state index in [0.29, 0.717) is 6.04 Å². The van der Waals surface area contributed by atoms with Crippen LogP contribution in [-0.2, 0) is 4.74 Å². The summed E-state index contributed by atoms with van der Waals surface area (Å²) >= 11 is 0. The summed E-state index contributed by atoms with van der Waals surface area (Å²) in [7, 11) is 3.78. The van der Waals surface area contributed by atoms with Crippen molar-refractivity contribution >= 4 is 0 Å². The first-order valence-electron chi connectivity index (χ1n) is 6.01. The highest BCUT2D eigenvalue weighted by Crippen LogP contribution is 2.08. The van der Waals surface area contributed by atoms with Crippen molar-refractivity contribution in [2.75, 3.05) is 20.8 Å². The lowest BCUT2D eigenvalue weighted by atomic mass is 10.1. The predicted molar refractivity (Wildman–Crippen MR) is 62.7 cm³/mol. The van der Waals surface area contributed by atoms with Gasteiger partial charge in [-0.2, -0.15) is 0 Å². The van der Waals surface area contributed by atoms with E-state index >= 15 is 0 Å². The van der Waals surface area contributed by atoms with Crippen LogP contribution in [0.25, 0.3) is 0 Å². The van der Waals surface area contributed by atoms with Gasteiger partial charge in [0, 0.05) is 13.2 Å². The zero-order valence-corrected chi connectivity index (χ0v) is 10.1. The molecule has 14 heavy (non-hydrogen) atoms. The third-order valence-corrected chi connectivity index (χ3v) is 2.68. The highest BCUT2D eigenvalue weighted by atomic mass is 16.5. The normalized spacial score (nSPS) is 13.1. The maximum absolute atomic E-state index is 5.13. The van der Waals surface area contributed by atoms with Gasteiger partial charge in [0.25, 0.3) is 0 Å². The Morgan fingerprint density at radius 1 is 1.07 bits per heavy atom. The van der Waals surface area contributed by atoms with Gasteiger partial charge < -0.3 is 10.1 Å². The molecule has 0 amide bonds. The zero-order valence-electron chi connectivity index (χ0n) is 10.1. The van der Waals surface area contributed by atoms with E-state index in [-0.39, 0.29) is 0 Å². The molecule has 0 saturated carbocycles. The molecule has 0 bridgehead atoms. The van der Waals surface area contributed by atoms with Gasteiger partial charge in [0.2, 0.25) is 0 Å². The molecule has 0 radical (unpaired) electrons. The van der Waals surface area contributed by atoms with Crippen molar-refractivity contribution in [3.8, 4) is 0 Å². The summed E-state index contributed by atoms with van der Waals surface area (Å²) in [6.07, 6.45) is 9.50. The fraction of sp³-hybridized carbons (Fsp3) is 1.00. The topological polar surface area (TPSA) is 21.3 Å². The summed E-state index contributed by atoms with van der Waals surface area (Å²) < 4.78 is 5.13. The molecule has 2 nitrogen and oxygen atoms in total. The number of ether oxygens (including phenoxy) is 1. The predicted octanol–water partition coefficient (Wildman–Crippen LogP) is 2.97. The minimum Gasteiger partial charge on any atom is -0.383 e. The van der Waals surface area contributed by atoms with Gasteiger partial charge in [-0.25, -0.2) is 0 Å². The van der Waals surface area contributed by atoms with Gasteiger partial charge in [-0.15, -0.1) is 0 Å². The van der Waals surface area contributed by atoms with Crippen LogP contribution in [0.15, 0.2) is 0 Å². The molecular weight excluding hydrogens is 174 g/mol. The second kappa shape index (κ2) is 11.0. The van der Waals surface area contributed by atoms with Crippen LogP contribution in [-0.4, -0.2) is 26.8 Å². The van der Waals surface area contributed by atoms with Crippen LogP contribution >= 0.6 is 0 Å². The summed E-state index contributed by atoms with van der Waals surface area (Å²) in [6, 6.07) is 0.547. The van der Waals surface area contributed by atoms with Gasteiger partial charge in [0.05, 0.1) is 6.61 Å². The van der Waals surface area contributed by atoms with E-state index in [0.717, 1.165) is 6.61 Å². The van der Waals surface area contributed by atoms with Crippen molar-refractivity contribution < 1.29 is 4.74 Å². The van der Waals surface area contributed by atoms with Crippen LogP contribution in [0, 0.1) is 0 Å². The van der Waals surface area contributed by atoms with Crippen LogP contribution in [0.4, 0.5) is 0 Å². The van der Waals surface area contributed by atoms with Crippen molar-refractivity contribution in [3.63, 3.8) is 0 Å². The molecule has 0 rings (SSSR count). The van der Waals surface area contributed by atoms with E-state index in [4.69, 9.17) is 4.74 Å². The van der Waals surface area contributed by atoms with Crippen molar-refractivity contribution in [1.82, 2.24) is 5.32 Å². The van der Waals surface area contributed by atoms with Gasteiger partial charge in [-0.1, -0.05) is 45.4 Å². The molecule has 2 heteroatoms. The number of hydrogen-bond donors (Lipinski definition) is 1. The van der Waals surface area contributed by atoms with Crippen LogP contribution in [0.1, 0.15) is 51.9 Å². The van der Waals surface area contributed by atoms with E-state index in [9.17, 15) is 0 Å². The first-order chi connectivity index (χ1) is 6.85. The molecule has 0 aliphatic carbocycles. The molecule has 0 saturated heterocycles. The van der Waals surface area contributed by atoms with E-state index in [1.165, 1.54) is 44.9 Å². The second-order valence-corrected chi connectivity index (χ2v) is 4.00. The second-order valence-electron chi connectivity index (χ2n) is 4.00. The molecule has 0 spiro atoms. The Hall–Kier alpha value is -0.0800. The monoisotopic (exact) mass is 201 g/mol. The Morgan fingerprint density at radius 2 is 1.71 bits per heavy atom. The third kappa shape index (κ3) is 8.52. The molecule has 1 N–H and O–H groups in total. The summed E-state index contributed by atoms with van der Waals surface area (Å²) in [5.74, 6) is 0. The molecule has 0 aliphatic rings. The van der Waals surface area contributed by atoms with Crippen LogP contribution < -0.4 is 5.32 Å². The molecule has 0 fully saturated rings. The number of unbranched alkanes of at least 4 members (excludes halogenated alkanes) is 5. The van der Waals surface area contributed by atoms with E-state index in [1.807, 2.05) is 7.05 Å². The lowest BCUT2D eigenvalue weighted by Gasteiger charge is -2.14. The first-order valence-corrected chi connectivity index (χ1v) is 6.01. The Labute approximate surface area is 89.4 Å². The molecule has 1 atom stereocenters. The lowest BCUT2D eigenvalue weighted by Crippen LogP contribution is -2.29. The highest BCUT2D eigenvalue weighted by Gasteiger charge is 2.03. The number of nitrogens with one attached hydrogen (secondary N) is 1. The Balaban J connectivity index is 3.15. The van der Waals surface area contributed by atoms with Crippen molar-refractivity contribution in [3.05, 3.63) is 0 Å². The van der Waals surface area contributed by atoms with Gasteiger partial charge in [-0.05, 0) is 13.5 Å². The minimum absolute atomic E-state index is 0.547. The number of rotatable bonds is 10. The largest absolute Gasteiger partial charge is 0.383 e. The third-order valence-electron chi connectivity index (χ3n) is 2.68. The molecule has 1 unspecified atom stereocenters. The standard InChI is InChI=1S/C12H27NO/c1-4-5-6-7-8-9-10-12(13-2)11-14-3/h12-13H,4-11H2,1-3H3. The zero-order chi connectivity index (χ0) is 10.6. The average Bonchev–Trinajstić information content (AvgIpc) is 2.21. The highest BCUT2D eigenvalue weighted by molar-refractivity contribution is 4.62. The number of hydrogen-bond acceptors (Lipinski definition) is 2. The summed E-state index contributed by atoms with van der Waals surface area (Å²) in [5.41, 5.74) is 0. The minimum atomic E-state index is 0.547. The molecule has 0 aromatic heterocycles. The average molecular weight is 201 g/mol. The summed E-state index contributed by atoms with van der Waals surface area (Å²) in [5, 5.41) is 3.28. The van der Waals surface area contributed by atoms with E-state index < -0.39 is 0 Å². The van der Waals surface area contributed by atoms with E-state index in [2.05, 4.69) is 12.2 Å². The molecule has 0 aromatic carbocycles. The fourth-order valence-corrected chi connectivity index (χ4v) is 1.68. The van der Waals surface area contributed by atoms with Crippen molar-refractivity contribution in [2.45, 2.75) is 57.9 Å². The summed E-state index contributed by atoms with van der Waals surface area (Å²) in [4.78, 5) is 0. The Morgan fingerprint density at radius 3 is 2.29 bits per heavy atom. The van der Waals surface area contributed by atoms with Crippen LogP contribution in [0.5, 0.6) is 0 Å². The number of methoxy groups -OCH3 is 1. The first kappa shape index (κ1) is 13.9. The maximum atomic E-state index is 5.13. The molecular formula is C12H27NO. The SMILES string of the molecule is CCCCCCCCC(COC)NC. The number of likely N-dealkylation sites (N-methyl/N-ethyl adjacent to an activating group) is 1. The molecule has 0 heterocycles. The Kier molecular flexibility index (Phi) is 10.9. The van der Waals surface area contributed by atoms with Gasteiger partial charge >= 0.3 is 0 Å².